The highest BCUT2D eigenvalue weighted by Gasteiger charge is 2.32. The van der Waals surface area contributed by atoms with Crippen LogP contribution in [-0.4, -0.2) is 10.2 Å². The highest BCUT2D eigenvalue weighted by molar-refractivity contribution is 9.10. The summed E-state index contributed by atoms with van der Waals surface area (Å²) in [7, 11) is 0. The number of aromatic nitrogens is 2. The number of hydrogen-bond acceptors (Lipinski definition) is 1. The molecule has 3 heteroatoms. The molecule has 0 spiro atoms. The second kappa shape index (κ2) is 2.85. The Kier molecular flexibility index (Phi) is 1.78. The molecule has 1 heterocycles. The van der Waals surface area contributed by atoms with Crippen LogP contribution in [0.4, 0.5) is 0 Å². The first-order valence-corrected chi connectivity index (χ1v) is 6.04. The van der Waals surface area contributed by atoms with Gasteiger partial charge in [-0.2, -0.15) is 5.10 Å². The van der Waals surface area contributed by atoms with Crippen molar-refractivity contribution >= 4 is 26.8 Å². The largest absolute Gasteiger partial charge is 0.278 e. The fourth-order valence-corrected chi connectivity index (χ4v) is 3.71. The molecule has 0 saturated carbocycles. The van der Waals surface area contributed by atoms with Crippen molar-refractivity contribution in [1.29, 1.82) is 0 Å². The number of fused-ring (bicyclic) bond motifs is 2. The van der Waals surface area contributed by atoms with Crippen LogP contribution >= 0.6 is 15.9 Å². The monoisotopic (exact) mass is 264 g/mol. The minimum absolute atomic E-state index is 0.291. The van der Waals surface area contributed by atoms with Gasteiger partial charge in [0.05, 0.1) is 11.7 Å². The summed E-state index contributed by atoms with van der Waals surface area (Å²) in [6.07, 6.45) is 4.31. The van der Waals surface area contributed by atoms with Gasteiger partial charge in [-0.25, -0.2) is 0 Å². The average molecular weight is 265 g/mol. The van der Waals surface area contributed by atoms with E-state index in [0.717, 1.165) is 5.52 Å². The molecule has 0 saturated heterocycles. The van der Waals surface area contributed by atoms with Gasteiger partial charge in [-0.3, -0.25) is 5.10 Å². The first-order chi connectivity index (χ1) is 7.09. The van der Waals surface area contributed by atoms with E-state index in [4.69, 9.17) is 0 Å². The maximum absolute atomic E-state index is 4.10. The number of halogens is 1. The van der Waals surface area contributed by atoms with Crippen LogP contribution in [0.15, 0.2) is 16.7 Å². The van der Waals surface area contributed by atoms with E-state index in [1.165, 1.54) is 33.8 Å². The number of H-pyrrole nitrogens is 1. The number of benzene rings is 1. The van der Waals surface area contributed by atoms with Crippen LogP contribution in [-0.2, 0) is 11.8 Å². The topological polar surface area (TPSA) is 28.7 Å². The quantitative estimate of drug-likeness (QED) is 0.775. The van der Waals surface area contributed by atoms with Crippen molar-refractivity contribution in [2.45, 2.75) is 32.1 Å². The van der Waals surface area contributed by atoms with Gasteiger partial charge < -0.3 is 0 Å². The minimum Gasteiger partial charge on any atom is -0.278 e. The summed E-state index contributed by atoms with van der Waals surface area (Å²) in [5.41, 5.74) is 4.36. The molecular formula is C12H13BrN2. The van der Waals surface area contributed by atoms with Crippen LogP contribution in [0.2, 0.25) is 0 Å². The van der Waals surface area contributed by atoms with Crippen LogP contribution in [0.5, 0.6) is 0 Å². The van der Waals surface area contributed by atoms with Gasteiger partial charge in [-0.1, -0.05) is 13.8 Å². The van der Waals surface area contributed by atoms with Gasteiger partial charge >= 0.3 is 0 Å². The summed E-state index contributed by atoms with van der Waals surface area (Å²) in [5, 5.41) is 8.33. The van der Waals surface area contributed by atoms with E-state index >= 15 is 0 Å². The van der Waals surface area contributed by atoms with E-state index in [2.05, 4.69) is 46.0 Å². The zero-order valence-corrected chi connectivity index (χ0v) is 10.5. The Bertz CT molecular complexity index is 540. The molecule has 1 aliphatic carbocycles. The van der Waals surface area contributed by atoms with Crippen molar-refractivity contribution in [3.05, 3.63) is 27.9 Å². The molecule has 0 fully saturated rings. The molecule has 15 heavy (non-hydrogen) atoms. The fraction of sp³-hybridized carbons (Fsp3) is 0.417. The Morgan fingerprint density at radius 3 is 3.07 bits per heavy atom. The standard InChI is InChI=1S/C12H13BrN2/c1-12(2)4-3-7-5-9-8(6-14-15-9)11(13)10(7)12/h5-6H,3-4H2,1-2H3,(H,14,15). The zero-order valence-electron chi connectivity index (χ0n) is 8.89. The molecule has 1 N–H and O–H groups in total. The number of nitrogens with one attached hydrogen (secondary N) is 1. The number of aryl methyl sites for hydroxylation is 1. The second-order valence-electron chi connectivity index (χ2n) is 4.94. The maximum atomic E-state index is 4.10. The number of aromatic amines is 1. The van der Waals surface area contributed by atoms with Crippen LogP contribution in [0.25, 0.3) is 10.9 Å². The highest BCUT2D eigenvalue weighted by Crippen LogP contribution is 2.45. The first kappa shape index (κ1) is 9.40. The van der Waals surface area contributed by atoms with E-state index in [1.54, 1.807) is 0 Å². The SMILES string of the molecule is CC1(C)CCc2cc3[nH]ncc3c(Br)c21. The van der Waals surface area contributed by atoms with Crippen LogP contribution in [0.3, 0.4) is 0 Å². The lowest BCUT2D eigenvalue weighted by molar-refractivity contribution is 0.521. The van der Waals surface area contributed by atoms with Crippen molar-refractivity contribution in [2.24, 2.45) is 0 Å². The summed E-state index contributed by atoms with van der Waals surface area (Å²) in [5.74, 6) is 0. The fourth-order valence-electron chi connectivity index (χ4n) is 2.60. The normalized spacial score (nSPS) is 18.3. The highest BCUT2D eigenvalue weighted by atomic mass is 79.9. The van der Waals surface area contributed by atoms with Gasteiger partial charge in [0.15, 0.2) is 0 Å². The molecule has 0 unspecified atom stereocenters. The van der Waals surface area contributed by atoms with Crippen molar-refractivity contribution in [1.82, 2.24) is 10.2 Å². The number of hydrogen-bond donors (Lipinski definition) is 1. The molecule has 0 amide bonds. The minimum atomic E-state index is 0.291. The van der Waals surface area contributed by atoms with Gasteiger partial charge in [-0.15, -0.1) is 0 Å². The molecule has 0 atom stereocenters. The van der Waals surface area contributed by atoms with E-state index in [9.17, 15) is 0 Å². The van der Waals surface area contributed by atoms with Crippen molar-refractivity contribution in [3.63, 3.8) is 0 Å². The predicted molar refractivity (Wildman–Crippen MR) is 65.1 cm³/mol. The molecule has 2 aromatic rings. The number of rotatable bonds is 0. The zero-order chi connectivity index (χ0) is 10.6. The van der Waals surface area contributed by atoms with Gasteiger partial charge in [0, 0.05) is 9.86 Å². The molecule has 1 aliphatic rings. The van der Waals surface area contributed by atoms with Crippen molar-refractivity contribution in [3.8, 4) is 0 Å². The van der Waals surface area contributed by atoms with E-state index in [1.807, 2.05) is 6.20 Å². The maximum Gasteiger partial charge on any atom is 0.0664 e. The van der Waals surface area contributed by atoms with E-state index in [-0.39, 0.29) is 0 Å². The van der Waals surface area contributed by atoms with Crippen LogP contribution in [0, 0.1) is 0 Å². The Morgan fingerprint density at radius 2 is 2.27 bits per heavy atom. The number of nitrogens with zero attached hydrogens (tertiary/aromatic N) is 1. The van der Waals surface area contributed by atoms with E-state index in [0.29, 0.717) is 5.41 Å². The Morgan fingerprint density at radius 1 is 1.47 bits per heavy atom. The third kappa shape index (κ3) is 1.19. The Balaban J connectivity index is 2.42. The lowest BCUT2D eigenvalue weighted by Crippen LogP contribution is -2.12. The summed E-state index contributed by atoms with van der Waals surface area (Å²) >= 11 is 3.73. The third-order valence-corrected chi connectivity index (χ3v) is 4.28. The third-order valence-electron chi connectivity index (χ3n) is 3.46. The van der Waals surface area contributed by atoms with Gasteiger partial charge in [-0.05, 0) is 51.4 Å². The predicted octanol–water partition coefficient (Wildman–Crippen LogP) is 3.55. The summed E-state index contributed by atoms with van der Waals surface area (Å²) in [6.45, 7) is 4.63. The van der Waals surface area contributed by atoms with Gasteiger partial charge in [0.2, 0.25) is 0 Å². The van der Waals surface area contributed by atoms with E-state index < -0.39 is 0 Å². The molecule has 0 bridgehead atoms. The summed E-state index contributed by atoms with van der Waals surface area (Å²) < 4.78 is 1.23. The average Bonchev–Trinajstić information content (AvgIpc) is 2.72. The molecule has 2 nitrogen and oxygen atoms in total. The smallest absolute Gasteiger partial charge is 0.0664 e. The molecule has 0 radical (unpaired) electrons. The summed E-state index contributed by atoms with van der Waals surface area (Å²) in [4.78, 5) is 0. The Labute approximate surface area is 97.2 Å². The Hall–Kier alpha value is -0.830. The van der Waals surface area contributed by atoms with Crippen LogP contribution in [0.1, 0.15) is 31.4 Å². The molecule has 0 aliphatic heterocycles. The molecule has 1 aromatic heterocycles. The summed E-state index contributed by atoms with van der Waals surface area (Å²) in [6, 6.07) is 2.25. The lowest BCUT2D eigenvalue weighted by Gasteiger charge is -2.20. The van der Waals surface area contributed by atoms with Gasteiger partial charge in [0.1, 0.15) is 0 Å². The van der Waals surface area contributed by atoms with Crippen molar-refractivity contribution < 1.29 is 0 Å². The molecular weight excluding hydrogens is 252 g/mol. The lowest BCUT2D eigenvalue weighted by atomic mass is 9.86. The molecule has 1 aromatic carbocycles. The molecule has 78 valence electrons. The van der Waals surface area contributed by atoms with Gasteiger partial charge in [0.25, 0.3) is 0 Å². The van der Waals surface area contributed by atoms with Crippen LogP contribution < -0.4 is 0 Å². The first-order valence-electron chi connectivity index (χ1n) is 5.24. The molecule has 3 rings (SSSR count). The second-order valence-corrected chi connectivity index (χ2v) is 5.73. The van der Waals surface area contributed by atoms with Crippen molar-refractivity contribution in [2.75, 3.05) is 0 Å².